The van der Waals surface area contributed by atoms with Gasteiger partial charge in [-0.1, -0.05) is 6.07 Å². The van der Waals surface area contributed by atoms with Crippen LogP contribution in [-0.4, -0.2) is 8.42 Å². The molecule has 3 N–H and O–H groups in total. The van der Waals surface area contributed by atoms with Gasteiger partial charge in [-0.25, -0.2) is 13.1 Å². The molecule has 114 valence electrons. The minimum Gasteiger partial charge on any atom is -0.465 e. The monoisotopic (exact) mass is 308 g/mol. The van der Waals surface area contributed by atoms with Crippen molar-refractivity contribution in [2.24, 2.45) is 0 Å². The number of nitrogens with one attached hydrogen (secondary N) is 1. The highest BCUT2D eigenvalue weighted by Crippen LogP contribution is 2.28. The Morgan fingerprint density at radius 2 is 1.81 bits per heavy atom. The van der Waals surface area contributed by atoms with Crippen LogP contribution in [0, 0.1) is 27.7 Å². The van der Waals surface area contributed by atoms with Crippen LogP contribution in [0.4, 0.5) is 5.69 Å². The van der Waals surface area contributed by atoms with Crippen molar-refractivity contribution in [3.63, 3.8) is 0 Å². The van der Waals surface area contributed by atoms with Crippen LogP contribution in [0.25, 0.3) is 0 Å². The lowest BCUT2D eigenvalue weighted by molar-refractivity contribution is 0.475. The summed E-state index contributed by atoms with van der Waals surface area (Å²) in [4.78, 5) is 0.244. The van der Waals surface area contributed by atoms with Gasteiger partial charge in [-0.2, -0.15) is 0 Å². The van der Waals surface area contributed by atoms with Gasteiger partial charge in [0.25, 0.3) is 0 Å². The number of hydrogen-bond donors (Lipinski definition) is 2. The molecule has 1 aromatic carbocycles. The third-order valence-electron chi connectivity index (χ3n) is 3.46. The molecule has 0 aliphatic carbocycles. The average molecular weight is 308 g/mol. The molecule has 0 aliphatic rings. The van der Waals surface area contributed by atoms with E-state index in [1.165, 1.54) is 0 Å². The van der Waals surface area contributed by atoms with Gasteiger partial charge in [-0.3, -0.25) is 0 Å². The maximum absolute atomic E-state index is 12.5. The van der Waals surface area contributed by atoms with E-state index in [0.717, 1.165) is 11.3 Å². The van der Waals surface area contributed by atoms with Gasteiger partial charge >= 0.3 is 0 Å². The number of nitrogen functional groups attached to an aromatic ring is 1. The van der Waals surface area contributed by atoms with Crippen molar-refractivity contribution < 1.29 is 12.8 Å². The van der Waals surface area contributed by atoms with Crippen molar-refractivity contribution in [3.8, 4) is 0 Å². The lowest BCUT2D eigenvalue weighted by Gasteiger charge is -2.15. The zero-order chi connectivity index (χ0) is 15.8. The van der Waals surface area contributed by atoms with Crippen LogP contribution in [0.2, 0.25) is 0 Å². The minimum atomic E-state index is -3.64. The summed E-state index contributed by atoms with van der Waals surface area (Å²) in [5, 5.41) is 0. The molecule has 1 aromatic heterocycles. The molecule has 0 atom stereocenters. The van der Waals surface area contributed by atoms with Crippen LogP contribution < -0.4 is 10.5 Å². The molecular formula is C15H20N2O3S. The molecule has 0 spiro atoms. The van der Waals surface area contributed by atoms with Gasteiger partial charge in [0.2, 0.25) is 10.0 Å². The van der Waals surface area contributed by atoms with Gasteiger partial charge in [-0.05, 0) is 56.5 Å². The minimum absolute atomic E-state index is 0.114. The molecular weight excluding hydrogens is 288 g/mol. The Hall–Kier alpha value is -1.79. The Kier molecular flexibility index (Phi) is 4.11. The Labute approximate surface area is 125 Å². The van der Waals surface area contributed by atoms with Crippen molar-refractivity contribution in [2.45, 2.75) is 39.1 Å². The number of anilines is 1. The number of nitrogens with two attached hydrogens (primary N) is 1. The second-order valence-electron chi connectivity index (χ2n) is 5.22. The smallest absolute Gasteiger partial charge is 0.241 e. The van der Waals surface area contributed by atoms with E-state index in [-0.39, 0.29) is 11.4 Å². The van der Waals surface area contributed by atoms with Crippen molar-refractivity contribution in [2.75, 3.05) is 5.73 Å². The molecule has 5 nitrogen and oxygen atoms in total. The number of hydrogen-bond acceptors (Lipinski definition) is 4. The molecule has 0 bridgehead atoms. The van der Waals surface area contributed by atoms with Crippen LogP contribution in [0.3, 0.4) is 0 Å². The fraction of sp³-hybridized carbons (Fsp3) is 0.333. The molecule has 0 amide bonds. The first kappa shape index (κ1) is 15.6. The largest absolute Gasteiger partial charge is 0.465 e. The van der Waals surface area contributed by atoms with Crippen molar-refractivity contribution in [1.29, 1.82) is 0 Å². The van der Waals surface area contributed by atoms with E-state index in [1.807, 2.05) is 13.8 Å². The van der Waals surface area contributed by atoms with Crippen LogP contribution in [0.15, 0.2) is 27.5 Å². The molecule has 21 heavy (non-hydrogen) atoms. The van der Waals surface area contributed by atoms with E-state index in [0.29, 0.717) is 22.6 Å². The van der Waals surface area contributed by atoms with Crippen LogP contribution in [-0.2, 0) is 16.6 Å². The van der Waals surface area contributed by atoms with Crippen molar-refractivity contribution in [1.82, 2.24) is 4.72 Å². The van der Waals surface area contributed by atoms with Crippen LogP contribution in [0.5, 0.6) is 0 Å². The predicted molar refractivity (Wildman–Crippen MR) is 82.5 cm³/mol. The summed E-state index contributed by atoms with van der Waals surface area (Å²) in [6.45, 7) is 7.28. The molecule has 1 heterocycles. The first-order valence-corrected chi connectivity index (χ1v) is 8.12. The van der Waals surface area contributed by atoms with Gasteiger partial charge in [0.15, 0.2) is 0 Å². The molecule has 0 saturated carbocycles. The Balaban J connectivity index is 2.34. The lowest BCUT2D eigenvalue weighted by atomic mass is 10.1. The lowest BCUT2D eigenvalue weighted by Crippen LogP contribution is -2.25. The van der Waals surface area contributed by atoms with E-state index in [4.69, 9.17) is 10.2 Å². The van der Waals surface area contributed by atoms with E-state index in [2.05, 4.69) is 4.72 Å². The molecule has 0 saturated heterocycles. The molecule has 0 fully saturated rings. The van der Waals surface area contributed by atoms with Gasteiger partial charge in [-0.15, -0.1) is 0 Å². The quantitative estimate of drug-likeness (QED) is 0.850. The maximum atomic E-state index is 12.5. The van der Waals surface area contributed by atoms with E-state index < -0.39 is 10.0 Å². The second-order valence-corrected chi connectivity index (χ2v) is 6.92. The van der Waals surface area contributed by atoms with Crippen molar-refractivity contribution in [3.05, 3.63) is 46.4 Å². The highest BCUT2D eigenvalue weighted by molar-refractivity contribution is 7.89. The summed E-state index contributed by atoms with van der Waals surface area (Å²) in [7, 11) is -3.64. The van der Waals surface area contributed by atoms with Crippen LogP contribution in [0.1, 0.15) is 28.2 Å². The fourth-order valence-corrected chi connectivity index (χ4v) is 3.89. The van der Waals surface area contributed by atoms with E-state index in [1.54, 1.807) is 32.0 Å². The molecule has 0 unspecified atom stereocenters. The second kappa shape index (κ2) is 5.54. The Morgan fingerprint density at radius 3 is 2.38 bits per heavy atom. The van der Waals surface area contributed by atoms with Gasteiger partial charge in [0, 0.05) is 5.69 Å². The number of benzene rings is 1. The highest BCUT2D eigenvalue weighted by Gasteiger charge is 2.22. The summed E-state index contributed by atoms with van der Waals surface area (Å²) in [6, 6.07) is 5.33. The fourth-order valence-electron chi connectivity index (χ4n) is 2.41. The molecule has 0 radical (unpaired) electrons. The molecule has 2 aromatic rings. The average Bonchev–Trinajstić information content (AvgIpc) is 2.79. The Bertz CT molecular complexity index is 776. The molecule has 2 rings (SSSR count). The SMILES string of the molecule is Cc1ccc(CNS(=O)(=O)c2c(C)cc(C)c(N)c2C)o1. The summed E-state index contributed by atoms with van der Waals surface area (Å²) >= 11 is 0. The predicted octanol–water partition coefficient (Wildman–Crippen LogP) is 2.57. The zero-order valence-electron chi connectivity index (χ0n) is 12.6. The third-order valence-corrected chi connectivity index (χ3v) is 5.15. The normalized spacial score (nSPS) is 11.8. The molecule has 0 aliphatic heterocycles. The van der Waals surface area contributed by atoms with Crippen molar-refractivity contribution >= 4 is 15.7 Å². The number of sulfonamides is 1. The first-order chi connectivity index (χ1) is 9.72. The Morgan fingerprint density at radius 1 is 1.14 bits per heavy atom. The van der Waals surface area contributed by atoms with Gasteiger partial charge < -0.3 is 10.2 Å². The van der Waals surface area contributed by atoms with E-state index in [9.17, 15) is 8.42 Å². The summed E-state index contributed by atoms with van der Waals surface area (Å²) < 4.78 is 32.9. The number of aryl methyl sites for hydroxylation is 3. The van der Waals surface area contributed by atoms with Gasteiger partial charge in [0.05, 0.1) is 11.4 Å². The summed E-state index contributed by atoms with van der Waals surface area (Å²) in [5.74, 6) is 1.32. The van der Waals surface area contributed by atoms with E-state index >= 15 is 0 Å². The number of rotatable bonds is 4. The summed E-state index contributed by atoms with van der Waals surface area (Å²) in [5.41, 5.74) is 8.60. The standard InChI is InChI=1S/C15H20N2O3S/c1-9-7-10(2)15(12(4)14(9)16)21(18,19)17-8-13-6-5-11(3)20-13/h5-7,17H,8,16H2,1-4H3. The highest BCUT2D eigenvalue weighted by atomic mass is 32.2. The molecule has 6 heteroatoms. The topological polar surface area (TPSA) is 85.3 Å². The third kappa shape index (κ3) is 3.11. The maximum Gasteiger partial charge on any atom is 0.241 e. The summed E-state index contributed by atoms with van der Waals surface area (Å²) in [6.07, 6.45) is 0. The zero-order valence-corrected chi connectivity index (χ0v) is 13.5. The first-order valence-electron chi connectivity index (χ1n) is 6.63. The van der Waals surface area contributed by atoms with Crippen LogP contribution >= 0.6 is 0 Å². The van der Waals surface area contributed by atoms with Gasteiger partial charge in [0.1, 0.15) is 11.5 Å². The number of furan rings is 1.